The zero-order valence-corrected chi connectivity index (χ0v) is 11.4. The zero-order valence-electron chi connectivity index (χ0n) is 11.4. The molecule has 3 rings (SSSR count). The van der Waals surface area contributed by atoms with Gasteiger partial charge in [0.1, 0.15) is 11.7 Å². The summed E-state index contributed by atoms with van der Waals surface area (Å²) in [5.74, 6) is -0.355. The van der Waals surface area contributed by atoms with E-state index < -0.39 is 22.5 Å². The monoisotopic (exact) mass is 262 g/mol. The van der Waals surface area contributed by atoms with Crippen molar-refractivity contribution in [3.63, 3.8) is 0 Å². The predicted molar refractivity (Wildman–Crippen MR) is 68.3 cm³/mol. The fourth-order valence-corrected chi connectivity index (χ4v) is 3.98. The number of aliphatic hydroxyl groups excluding tert-OH is 1. The number of fused-ring (bicyclic) bond motifs is 2. The van der Waals surface area contributed by atoms with E-state index in [0.29, 0.717) is 23.1 Å². The normalized spacial score (nSPS) is 44.1. The molecule has 0 aromatic rings. The maximum atomic E-state index is 12.4. The number of ketones is 2. The number of aliphatic hydroxyl groups is 2. The van der Waals surface area contributed by atoms with Crippen molar-refractivity contribution in [3.8, 4) is 0 Å². The molecule has 0 aromatic carbocycles. The minimum Gasteiger partial charge on any atom is -0.385 e. The molecule has 0 bridgehead atoms. The fourth-order valence-electron chi connectivity index (χ4n) is 3.98. The highest BCUT2D eigenvalue weighted by molar-refractivity contribution is 6.09. The average molecular weight is 262 g/mol. The highest BCUT2D eigenvalue weighted by Gasteiger charge is 2.71. The number of Topliss-reactive ketones (excluding diaryl/α,β-unsaturated/α-hetero) is 2. The van der Waals surface area contributed by atoms with E-state index in [2.05, 4.69) is 6.58 Å². The molecule has 0 radical (unpaired) electrons. The van der Waals surface area contributed by atoms with Gasteiger partial charge in [-0.3, -0.25) is 9.59 Å². The van der Waals surface area contributed by atoms with Crippen molar-refractivity contribution in [2.45, 2.75) is 45.3 Å². The van der Waals surface area contributed by atoms with E-state index in [1.807, 2.05) is 13.8 Å². The lowest BCUT2D eigenvalue weighted by atomic mass is 9.68. The van der Waals surface area contributed by atoms with Crippen molar-refractivity contribution in [3.05, 3.63) is 23.3 Å². The first-order valence-electron chi connectivity index (χ1n) is 6.49. The molecule has 3 atom stereocenters. The molecule has 102 valence electrons. The summed E-state index contributed by atoms with van der Waals surface area (Å²) in [6.07, 6.45) is -0.988. The van der Waals surface area contributed by atoms with E-state index in [1.54, 1.807) is 6.92 Å². The molecule has 4 nitrogen and oxygen atoms in total. The molecule has 0 aliphatic heterocycles. The van der Waals surface area contributed by atoms with Gasteiger partial charge in [0, 0.05) is 28.4 Å². The van der Waals surface area contributed by atoms with Crippen LogP contribution < -0.4 is 0 Å². The third kappa shape index (κ3) is 1.09. The summed E-state index contributed by atoms with van der Waals surface area (Å²) >= 11 is 0. The van der Waals surface area contributed by atoms with E-state index in [-0.39, 0.29) is 18.0 Å². The van der Waals surface area contributed by atoms with Gasteiger partial charge in [-0.05, 0) is 18.9 Å². The molecule has 0 aromatic heterocycles. The molecule has 0 saturated heterocycles. The number of carbonyl (C=O) groups is 2. The summed E-state index contributed by atoms with van der Waals surface area (Å²) in [5.41, 5.74) is -1.86. The van der Waals surface area contributed by atoms with Gasteiger partial charge in [0.15, 0.2) is 11.6 Å². The predicted octanol–water partition coefficient (Wildman–Crippen LogP) is 0.923. The molecule has 2 N–H and O–H groups in total. The van der Waals surface area contributed by atoms with Crippen LogP contribution in [-0.4, -0.2) is 33.5 Å². The van der Waals surface area contributed by atoms with Crippen molar-refractivity contribution in [1.29, 1.82) is 0 Å². The van der Waals surface area contributed by atoms with Crippen molar-refractivity contribution in [2.24, 2.45) is 10.8 Å². The molecule has 19 heavy (non-hydrogen) atoms. The molecule has 4 heteroatoms. The Morgan fingerprint density at radius 2 is 1.79 bits per heavy atom. The van der Waals surface area contributed by atoms with Crippen LogP contribution in [0, 0.1) is 10.8 Å². The lowest BCUT2D eigenvalue weighted by Gasteiger charge is -2.39. The number of carbonyl (C=O) groups excluding carboxylic acids is 2. The van der Waals surface area contributed by atoms with Gasteiger partial charge in [0.25, 0.3) is 0 Å². The first-order chi connectivity index (χ1) is 8.57. The fraction of sp³-hybridized carbons (Fsp3) is 0.600. The van der Waals surface area contributed by atoms with E-state index in [1.165, 1.54) is 0 Å². The second kappa shape index (κ2) is 3.07. The molecule has 0 spiro atoms. The molecule has 3 aliphatic rings. The Labute approximate surface area is 111 Å². The summed E-state index contributed by atoms with van der Waals surface area (Å²) in [5, 5.41) is 21.2. The zero-order chi connectivity index (χ0) is 14.4. The van der Waals surface area contributed by atoms with Gasteiger partial charge >= 0.3 is 0 Å². The van der Waals surface area contributed by atoms with Gasteiger partial charge in [-0.25, -0.2) is 0 Å². The first-order valence-corrected chi connectivity index (χ1v) is 6.49. The molecule has 1 saturated carbocycles. The Hall–Kier alpha value is -1.26. The third-order valence-electron chi connectivity index (χ3n) is 5.37. The summed E-state index contributed by atoms with van der Waals surface area (Å²) in [6.45, 7) is 9.16. The van der Waals surface area contributed by atoms with Crippen LogP contribution in [0.1, 0.15) is 33.6 Å². The lowest BCUT2D eigenvalue weighted by molar-refractivity contribution is -0.131. The smallest absolute Gasteiger partial charge is 0.167 e. The van der Waals surface area contributed by atoms with Crippen molar-refractivity contribution < 1.29 is 19.8 Å². The molecular weight excluding hydrogens is 244 g/mol. The van der Waals surface area contributed by atoms with Crippen LogP contribution in [0.25, 0.3) is 0 Å². The highest BCUT2D eigenvalue weighted by atomic mass is 16.3. The van der Waals surface area contributed by atoms with Crippen LogP contribution >= 0.6 is 0 Å². The van der Waals surface area contributed by atoms with Crippen LogP contribution in [0.3, 0.4) is 0 Å². The van der Waals surface area contributed by atoms with Crippen molar-refractivity contribution >= 4 is 11.6 Å². The van der Waals surface area contributed by atoms with Crippen LogP contribution in [0.2, 0.25) is 0 Å². The van der Waals surface area contributed by atoms with E-state index in [9.17, 15) is 19.8 Å². The Bertz CT molecular complexity index is 583. The van der Waals surface area contributed by atoms with Gasteiger partial charge in [-0.1, -0.05) is 20.4 Å². The van der Waals surface area contributed by atoms with Crippen LogP contribution in [-0.2, 0) is 9.59 Å². The molecule has 0 amide bonds. The van der Waals surface area contributed by atoms with Crippen molar-refractivity contribution in [1.82, 2.24) is 0 Å². The Balaban J connectivity index is 2.25. The average Bonchev–Trinajstić information content (AvgIpc) is 2.72. The first kappa shape index (κ1) is 12.8. The van der Waals surface area contributed by atoms with Gasteiger partial charge in [-0.15, -0.1) is 0 Å². The Morgan fingerprint density at radius 1 is 1.21 bits per heavy atom. The maximum Gasteiger partial charge on any atom is 0.167 e. The molecule has 0 heterocycles. The quantitative estimate of drug-likeness (QED) is 0.637. The minimum absolute atomic E-state index is 0.126. The second-order valence-corrected chi connectivity index (χ2v) is 6.81. The molecule has 1 fully saturated rings. The topological polar surface area (TPSA) is 74.6 Å². The van der Waals surface area contributed by atoms with Gasteiger partial charge in [0.2, 0.25) is 0 Å². The van der Waals surface area contributed by atoms with Gasteiger partial charge < -0.3 is 10.2 Å². The van der Waals surface area contributed by atoms with E-state index >= 15 is 0 Å². The SMILES string of the molecule is C=C1C(=O)C[C@]2(O)[C@H](O)C3=C(CC(C)(C)C3=O)[C@]12C. The summed E-state index contributed by atoms with van der Waals surface area (Å²) in [7, 11) is 0. The van der Waals surface area contributed by atoms with Gasteiger partial charge in [0.05, 0.1) is 0 Å². The largest absolute Gasteiger partial charge is 0.385 e. The molecule has 0 unspecified atom stereocenters. The Morgan fingerprint density at radius 3 is 2.37 bits per heavy atom. The molecule has 3 aliphatic carbocycles. The highest BCUT2D eigenvalue weighted by Crippen LogP contribution is 2.65. The second-order valence-electron chi connectivity index (χ2n) is 6.81. The Kier molecular flexibility index (Phi) is 2.06. The van der Waals surface area contributed by atoms with Crippen molar-refractivity contribution in [2.75, 3.05) is 0 Å². The van der Waals surface area contributed by atoms with Crippen LogP contribution in [0.4, 0.5) is 0 Å². The van der Waals surface area contributed by atoms with Crippen LogP contribution in [0.5, 0.6) is 0 Å². The number of rotatable bonds is 0. The molecular formula is C15H18O4. The number of hydrogen-bond acceptors (Lipinski definition) is 4. The van der Waals surface area contributed by atoms with E-state index in [4.69, 9.17) is 0 Å². The van der Waals surface area contributed by atoms with E-state index in [0.717, 1.165) is 0 Å². The number of hydrogen-bond donors (Lipinski definition) is 2. The minimum atomic E-state index is -1.60. The third-order valence-corrected chi connectivity index (χ3v) is 5.37. The summed E-state index contributed by atoms with van der Waals surface area (Å²) < 4.78 is 0. The summed E-state index contributed by atoms with van der Waals surface area (Å²) in [4.78, 5) is 24.3. The van der Waals surface area contributed by atoms with Crippen LogP contribution in [0.15, 0.2) is 23.3 Å². The van der Waals surface area contributed by atoms with Gasteiger partial charge in [-0.2, -0.15) is 0 Å². The standard InChI is InChI=1S/C15H18O4/c1-7-9(16)6-15(19)12(18)10-8(14(7,15)4)5-13(2,3)11(10)17/h12,18-19H,1,5-6H2,2-4H3/t12-,14+,15+/m1/s1. The lowest BCUT2D eigenvalue weighted by Crippen LogP contribution is -2.50. The summed E-state index contributed by atoms with van der Waals surface area (Å²) in [6, 6.07) is 0. The maximum absolute atomic E-state index is 12.4.